The molecule has 276 valence electrons. The van der Waals surface area contributed by atoms with Gasteiger partial charge in [-0.15, -0.1) is 0 Å². The summed E-state index contributed by atoms with van der Waals surface area (Å²) in [7, 11) is -16.6. The molecule has 0 aliphatic carbocycles. The number of carbonyl (C=O) groups is 1. The molecule has 0 spiro atoms. The fourth-order valence-corrected chi connectivity index (χ4v) is 41.1. The van der Waals surface area contributed by atoms with Gasteiger partial charge in [-0.2, -0.15) is 0 Å². The van der Waals surface area contributed by atoms with E-state index in [9.17, 15) is 4.79 Å². The third-order valence-electron chi connectivity index (χ3n) is 7.54. The summed E-state index contributed by atoms with van der Waals surface area (Å²) in [5.74, 6) is -0.531. The molecule has 0 amide bonds. The number of carbonyl (C=O) groups excluding carboxylic acids is 1. The molecule has 3 aliphatic rings. The molecule has 3 fully saturated rings. The highest BCUT2D eigenvalue weighted by Gasteiger charge is 2.80. The standard InChI is InChI=1S/C19H48O20Si8/c1-19(20)31-13-14-44-35-45(38-46(28-9,29-10)37-44,18-16-42(24-5,25-6)26-7)33-40(12)32-43(27-8,36-47(30-11,34-40)39-44)17-15-41(21-2,22-3)23-4/h13-18H2,1-12H3. The summed E-state index contributed by atoms with van der Waals surface area (Å²) in [5, 5.41) is 0. The van der Waals surface area contributed by atoms with Gasteiger partial charge in [0.25, 0.3) is 0 Å². The second kappa shape index (κ2) is 16.4. The highest BCUT2D eigenvalue weighted by molar-refractivity contribution is 6.97. The van der Waals surface area contributed by atoms with Crippen molar-refractivity contribution in [3.8, 4) is 0 Å². The Morgan fingerprint density at radius 1 is 0.553 bits per heavy atom. The molecular formula is C19H48O20Si8. The Balaban J connectivity index is 2.21. The maximum Gasteiger partial charge on any atom is 0.664 e. The molecule has 47 heavy (non-hydrogen) atoms. The van der Waals surface area contributed by atoms with E-state index in [1.54, 1.807) is 6.55 Å². The molecule has 0 aromatic carbocycles. The smallest absolute Gasteiger partial charge is 0.466 e. The zero-order chi connectivity index (χ0) is 35.3. The van der Waals surface area contributed by atoms with Gasteiger partial charge < -0.3 is 81.9 Å². The lowest BCUT2D eigenvalue weighted by molar-refractivity contribution is -0.140. The van der Waals surface area contributed by atoms with Gasteiger partial charge in [0.2, 0.25) is 0 Å². The molecule has 0 aromatic heterocycles. The van der Waals surface area contributed by atoms with E-state index in [4.69, 9.17) is 81.9 Å². The first-order valence-electron chi connectivity index (χ1n) is 14.4. The molecule has 5 atom stereocenters. The summed E-state index contributed by atoms with van der Waals surface area (Å²) in [4.78, 5) is 11.8. The van der Waals surface area contributed by atoms with Gasteiger partial charge in [-0.3, -0.25) is 4.79 Å². The summed E-state index contributed by atoms with van der Waals surface area (Å²) in [5.41, 5.74) is 0. The van der Waals surface area contributed by atoms with E-state index in [1.165, 1.54) is 78.0 Å². The maximum absolute atomic E-state index is 11.8. The van der Waals surface area contributed by atoms with E-state index < -0.39 is 76.9 Å². The third-order valence-corrected chi connectivity index (χ3v) is 38.1. The fraction of sp³-hybridized carbons (Fsp3) is 0.947. The molecule has 4 bridgehead atoms. The molecular weight excluding hydrogens is 773 g/mol. The predicted molar refractivity (Wildman–Crippen MR) is 171 cm³/mol. The van der Waals surface area contributed by atoms with Gasteiger partial charge in [0.05, 0.1) is 12.7 Å². The highest BCUT2D eigenvalue weighted by atomic mass is 28.6. The van der Waals surface area contributed by atoms with E-state index in [1.807, 2.05) is 0 Å². The second-order valence-electron chi connectivity index (χ2n) is 10.2. The monoisotopic (exact) mass is 820 g/mol. The molecule has 28 heteroatoms. The number of rotatable bonds is 19. The Morgan fingerprint density at radius 3 is 1.51 bits per heavy atom. The number of ether oxygens (including phenoxy) is 1. The van der Waals surface area contributed by atoms with E-state index >= 15 is 0 Å². The summed E-state index contributed by atoms with van der Waals surface area (Å²) in [6.07, 6.45) is 0. The Bertz CT molecular complexity index is 1030. The first-order valence-corrected chi connectivity index (χ1v) is 29.5. The highest BCUT2D eigenvalue weighted by Crippen LogP contribution is 2.47. The van der Waals surface area contributed by atoms with Crippen molar-refractivity contribution in [2.24, 2.45) is 0 Å². The molecule has 3 saturated heterocycles. The van der Waals surface area contributed by atoms with E-state index in [-0.39, 0.29) is 36.8 Å². The lowest BCUT2D eigenvalue weighted by Crippen LogP contribution is -2.84. The van der Waals surface area contributed by atoms with Gasteiger partial charge in [0, 0.05) is 109 Å². The van der Waals surface area contributed by atoms with Gasteiger partial charge in [-0.1, -0.05) is 0 Å². The molecule has 0 saturated carbocycles. The Labute approximate surface area is 284 Å². The minimum Gasteiger partial charge on any atom is -0.466 e. The predicted octanol–water partition coefficient (Wildman–Crippen LogP) is 0.322. The fourth-order valence-electron chi connectivity index (χ4n) is 5.10. The van der Waals surface area contributed by atoms with E-state index in [0.717, 1.165) is 0 Å². The molecule has 0 N–H and O–H groups in total. The number of hydrogen-bond acceptors (Lipinski definition) is 20. The van der Waals surface area contributed by atoms with Gasteiger partial charge in [-0.05, 0) is 0 Å². The molecule has 3 heterocycles. The van der Waals surface area contributed by atoms with Gasteiger partial charge >= 0.3 is 76.9 Å². The zero-order valence-electron chi connectivity index (χ0n) is 28.9. The molecule has 0 radical (unpaired) electrons. The molecule has 5 unspecified atom stereocenters. The minimum absolute atomic E-state index is 0.0392. The average Bonchev–Trinajstić information content (AvgIpc) is 3.05. The first-order chi connectivity index (χ1) is 22.1. The Morgan fingerprint density at radius 2 is 1.06 bits per heavy atom. The van der Waals surface area contributed by atoms with Crippen LogP contribution in [-0.4, -0.2) is 155 Å². The van der Waals surface area contributed by atoms with Gasteiger partial charge in [0.15, 0.2) is 0 Å². The van der Waals surface area contributed by atoms with Gasteiger partial charge in [0.1, 0.15) is 0 Å². The van der Waals surface area contributed by atoms with Crippen molar-refractivity contribution in [1.82, 2.24) is 0 Å². The van der Waals surface area contributed by atoms with Crippen LogP contribution in [0, 0.1) is 0 Å². The maximum atomic E-state index is 11.8. The van der Waals surface area contributed by atoms with Crippen molar-refractivity contribution >= 4 is 76.9 Å². The van der Waals surface area contributed by atoms with Crippen molar-refractivity contribution in [3.63, 3.8) is 0 Å². The third kappa shape index (κ3) is 9.29. The lowest BCUT2D eigenvalue weighted by Gasteiger charge is -2.56. The quantitative estimate of drug-likeness (QED) is 0.128. The molecule has 0 aromatic rings. The van der Waals surface area contributed by atoms with Crippen LogP contribution in [-0.2, 0) is 86.7 Å². The first kappa shape index (κ1) is 41.9. The van der Waals surface area contributed by atoms with Crippen LogP contribution < -0.4 is 0 Å². The van der Waals surface area contributed by atoms with Crippen LogP contribution in [0.25, 0.3) is 0 Å². The molecule has 20 nitrogen and oxygen atoms in total. The van der Waals surface area contributed by atoms with Crippen LogP contribution >= 0.6 is 0 Å². The summed E-state index contributed by atoms with van der Waals surface area (Å²) in [6, 6.07) is 0.485. The average molecular weight is 821 g/mol. The van der Waals surface area contributed by atoms with E-state index in [0.29, 0.717) is 0 Å². The summed E-state index contributed by atoms with van der Waals surface area (Å²) < 4.78 is 116. The number of esters is 1. The Kier molecular flexibility index (Phi) is 14.7. The number of fused-ring (bicyclic) bond motifs is 4. The van der Waals surface area contributed by atoms with Crippen LogP contribution in [0.3, 0.4) is 0 Å². The number of hydrogen-bond donors (Lipinski definition) is 0. The SMILES string of the molecule is CO[Si](CC[Si]12O[Si]3(C)O[Si](CC[Si](OC)(OC)OC)(OC)O[Si](OC)(O3)O[Si](CCOC(C)=O)(O1)O[Si](OC)(OC)O2)(OC)OC. The largest absolute Gasteiger partial charge is 0.664 e. The van der Waals surface area contributed by atoms with E-state index in [2.05, 4.69) is 0 Å². The van der Waals surface area contributed by atoms with Crippen molar-refractivity contribution in [1.29, 1.82) is 0 Å². The van der Waals surface area contributed by atoms with Crippen molar-refractivity contribution in [3.05, 3.63) is 0 Å². The lowest BCUT2D eigenvalue weighted by atomic mass is 10.8. The van der Waals surface area contributed by atoms with Crippen LogP contribution in [0.15, 0.2) is 0 Å². The topological polar surface area (TPSA) is 192 Å². The van der Waals surface area contributed by atoms with Crippen LogP contribution in [0.4, 0.5) is 0 Å². The van der Waals surface area contributed by atoms with Gasteiger partial charge in [-0.25, -0.2) is 0 Å². The Hall–Kier alpha value is 0.485. The molecule has 3 rings (SSSR count). The second-order valence-corrected chi connectivity index (χ2v) is 33.9. The van der Waals surface area contributed by atoms with Crippen molar-refractivity contribution < 1.29 is 86.7 Å². The van der Waals surface area contributed by atoms with Crippen LogP contribution in [0.5, 0.6) is 0 Å². The summed E-state index contributed by atoms with van der Waals surface area (Å²) in [6.45, 7) is 2.73. The van der Waals surface area contributed by atoms with Crippen LogP contribution in [0.2, 0.25) is 36.8 Å². The van der Waals surface area contributed by atoms with Crippen molar-refractivity contribution in [2.45, 2.75) is 43.7 Å². The van der Waals surface area contributed by atoms with Crippen LogP contribution in [0.1, 0.15) is 6.92 Å². The molecule has 3 aliphatic heterocycles. The minimum atomic E-state index is -4.35. The summed E-state index contributed by atoms with van der Waals surface area (Å²) >= 11 is 0. The van der Waals surface area contributed by atoms with Crippen molar-refractivity contribution in [2.75, 3.05) is 77.7 Å². The zero-order valence-corrected chi connectivity index (χ0v) is 36.9. The normalized spacial score (nSPS) is 34.0.